The van der Waals surface area contributed by atoms with E-state index in [4.69, 9.17) is 9.72 Å². The van der Waals surface area contributed by atoms with Crippen molar-refractivity contribution in [3.8, 4) is 17.0 Å². The van der Waals surface area contributed by atoms with Crippen LogP contribution in [-0.4, -0.2) is 63.4 Å². The van der Waals surface area contributed by atoms with Crippen LogP contribution in [0.5, 0.6) is 5.75 Å². The van der Waals surface area contributed by atoms with Gasteiger partial charge in [-0.05, 0) is 74.0 Å². The van der Waals surface area contributed by atoms with Crippen molar-refractivity contribution in [1.82, 2.24) is 24.9 Å². The standard InChI is InChI=1S/C32H35N7O3S/c1-6-32(2,31(41)33-23-13-15-24(16-14-23)37(3)4)38(30(40)20-39-28-10-8-7-9-26(28)35-36-39)19-29-34-27(21-43-29)22-11-17-25(42-5)18-12-22/h7-18,21H,6,19-20H2,1-5H3,(H,33,41). The van der Waals surface area contributed by atoms with Crippen LogP contribution >= 0.6 is 11.3 Å². The minimum absolute atomic E-state index is 0.0718. The summed E-state index contributed by atoms with van der Waals surface area (Å²) in [7, 11) is 5.55. The van der Waals surface area contributed by atoms with E-state index < -0.39 is 5.54 Å². The van der Waals surface area contributed by atoms with Gasteiger partial charge in [0, 0.05) is 36.4 Å². The van der Waals surface area contributed by atoms with Crippen molar-refractivity contribution in [2.75, 3.05) is 31.4 Å². The number of para-hydroxylation sites is 1. The lowest BCUT2D eigenvalue weighted by molar-refractivity contribution is -0.146. The lowest BCUT2D eigenvalue weighted by atomic mass is 9.94. The second kappa shape index (κ2) is 12.6. The van der Waals surface area contributed by atoms with Crippen LogP contribution in [-0.2, 0) is 22.7 Å². The van der Waals surface area contributed by atoms with Crippen LogP contribution in [0.4, 0.5) is 11.4 Å². The number of ether oxygens (including phenoxy) is 1. The van der Waals surface area contributed by atoms with E-state index in [2.05, 4.69) is 15.6 Å². The molecule has 222 valence electrons. The molecular formula is C32H35N7O3S. The first-order valence-electron chi connectivity index (χ1n) is 14.0. The van der Waals surface area contributed by atoms with Crippen LogP contribution < -0.4 is 15.0 Å². The molecule has 1 atom stereocenters. The maximum atomic E-state index is 14.1. The summed E-state index contributed by atoms with van der Waals surface area (Å²) in [5.41, 5.74) is 3.66. The number of carbonyl (C=O) groups excluding carboxylic acids is 2. The molecule has 1 N–H and O–H groups in total. The summed E-state index contributed by atoms with van der Waals surface area (Å²) in [4.78, 5) is 36.5. The molecule has 2 amide bonds. The fourth-order valence-electron chi connectivity index (χ4n) is 4.78. The lowest BCUT2D eigenvalue weighted by Gasteiger charge is -2.39. The first kappa shape index (κ1) is 29.7. The van der Waals surface area contributed by atoms with Crippen LogP contribution in [0.1, 0.15) is 25.3 Å². The van der Waals surface area contributed by atoms with Gasteiger partial charge >= 0.3 is 0 Å². The fraction of sp³-hybridized carbons (Fsp3) is 0.281. The van der Waals surface area contributed by atoms with Crippen molar-refractivity contribution in [2.24, 2.45) is 0 Å². The van der Waals surface area contributed by atoms with Gasteiger partial charge in [0.05, 0.1) is 24.9 Å². The Morgan fingerprint density at radius 2 is 1.74 bits per heavy atom. The molecule has 3 aromatic carbocycles. The number of fused-ring (bicyclic) bond motifs is 1. The number of amides is 2. The fourth-order valence-corrected chi connectivity index (χ4v) is 5.57. The molecule has 43 heavy (non-hydrogen) atoms. The normalized spacial score (nSPS) is 12.5. The quantitative estimate of drug-likeness (QED) is 0.215. The van der Waals surface area contributed by atoms with Crippen molar-refractivity contribution in [2.45, 2.75) is 38.9 Å². The van der Waals surface area contributed by atoms with Crippen molar-refractivity contribution < 1.29 is 14.3 Å². The van der Waals surface area contributed by atoms with Crippen molar-refractivity contribution in [3.63, 3.8) is 0 Å². The van der Waals surface area contributed by atoms with E-state index >= 15 is 0 Å². The van der Waals surface area contributed by atoms with Crippen molar-refractivity contribution in [3.05, 3.63) is 83.2 Å². The number of nitrogens with one attached hydrogen (secondary N) is 1. The van der Waals surface area contributed by atoms with Gasteiger partial charge in [-0.25, -0.2) is 9.67 Å². The Morgan fingerprint density at radius 3 is 2.42 bits per heavy atom. The van der Waals surface area contributed by atoms with Crippen molar-refractivity contribution in [1.29, 1.82) is 0 Å². The second-order valence-electron chi connectivity index (χ2n) is 10.6. The van der Waals surface area contributed by atoms with E-state index in [1.165, 1.54) is 11.3 Å². The largest absolute Gasteiger partial charge is 0.497 e. The molecule has 0 spiro atoms. The van der Waals surface area contributed by atoms with Crippen LogP contribution in [0.25, 0.3) is 22.3 Å². The Balaban J connectivity index is 1.45. The molecule has 0 saturated heterocycles. The Kier molecular flexibility index (Phi) is 8.72. The van der Waals surface area contributed by atoms with E-state index in [1.807, 2.05) is 104 Å². The summed E-state index contributed by atoms with van der Waals surface area (Å²) in [6.45, 7) is 3.79. The number of hydrogen-bond donors (Lipinski definition) is 1. The van der Waals surface area contributed by atoms with E-state index in [1.54, 1.807) is 23.6 Å². The lowest BCUT2D eigenvalue weighted by Crippen LogP contribution is -2.57. The first-order chi connectivity index (χ1) is 20.7. The predicted molar refractivity (Wildman–Crippen MR) is 170 cm³/mol. The van der Waals surface area contributed by atoms with E-state index in [0.717, 1.165) is 28.2 Å². The number of anilines is 2. The third kappa shape index (κ3) is 6.36. The Hall–Kier alpha value is -4.77. The monoisotopic (exact) mass is 597 g/mol. The number of aromatic nitrogens is 4. The molecule has 0 saturated carbocycles. The SMILES string of the molecule is CCC(C)(C(=O)Nc1ccc(N(C)C)cc1)N(Cc1nc(-c2ccc(OC)cc2)cs1)C(=O)Cn1nnc2ccccc21. The van der Waals surface area contributed by atoms with Crippen LogP contribution in [0.3, 0.4) is 0 Å². The van der Waals surface area contributed by atoms with E-state index in [0.29, 0.717) is 22.6 Å². The van der Waals surface area contributed by atoms with Gasteiger partial charge < -0.3 is 19.9 Å². The highest BCUT2D eigenvalue weighted by Crippen LogP contribution is 2.29. The van der Waals surface area contributed by atoms with Crippen LogP contribution in [0, 0.1) is 0 Å². The molecule has 11 heteroatoms. The summed E-state index contributed by atoms with van der Waals surface area (Å²) in [6, 6.07) is 22.7. The molecule has 0 aliphatic rings. The number of hydrogen-bond acceptors (Lipinski definition) is 8. The number of thiazole rings is 1. The molecular weight excluding hydrogens is 562 g/mol. The van der Waals surface area contributed by atoms with Gasteiger partial charge in [-0.2, -0.15) is 0 Å². The molecule has 10 nitrogen and oxygen atoms in total. The predicted octanol–water partition coefficient (Wildman–Crippen LogP) is 5.47. The molecule has 5 rings (SSSR count). The van der Waals surface area contributed by atoms with Gasteiger partial charge in [0.1, 0.15) is 28.4 Å². The molecule has 0 radical (unpaired) electrons. The molecule has 5 aromatic rings. The van der Waals surface area contributed by atoms with E-state index in [9.17, 15) is 9.59 Å². The zero-order valence-electron chi connectivity index (χ0n) is 24.9. The minimum atomic E-state index is -1.18. The van der Waals surface area contributed by atoms with Gasteiger partial charge in [0.25, 0.3) is 0 Å². The maximum Gasteiger partial charge on any atom is 0.250 e. The Labute approximate surface area is 254 Å². The minimum Gasteiger partial charge on any atom is -0.497 e. The number of methoxy groups -OCH3 is 1. The average Bonchev–Trinajstić information content (AvgIpc) is 3.67. The first-order valence-corrected chi connectivity index (χ1v) is 14.9. The highest BCUT2D eigenvalue weighted by atomic mass is 32.1. The smallest absolute Gasteiger partial charge is 0.250 e. The second-order valence-corrected chi connectivity index (χ2v) is 11.5. The van der Waals surface area contributed by atoms with Gasteiger partial charge in [-0.1, -0.05) is 24.3 Å². The molecule has 0 bridgehead atoms. The topological polar surface area (TPSA) is 105 Å². The number of rotatable bonds is 11. The number of carbonyl (C=O) groups is 2. The van der Waals surface area contributed by atoms with Crippen LogP contribution in [0.2, 0.25) is 0 Å². The number of benzene rings is 3. The zero-order valence-corrected chi connectivity index (χ0v) is 25.8. The summed E-state index contributed by atoms with van der Waals surface area (Å²) in [5, 5.41) is 14.1. The third-order valence-corrected chi connectivity index (χ3v) is 8.49. The van der Waals surface area contributed by atoms with E-state index in [-0.39, 0.29) is 24.9 Å². The third-order valence-electron chi connectivity index (χ3n) is 7.65. The Morgan fingerprint density at radius 1 is 1.02 bits per heavy atom. The van der Waals surface area contributed by atoms with Crippen LogP contribution in [0.15, 0.2) is 78.2 Å². The molecule has 1 unspecified atom stereocenters. The highest BCUT2D eigenvalue weighted by Gasteiger charge is 2.41. The Bertz CT molecular complexity index is 1710. The summed E-state index contributed by atoms with van der Waals surface area (Å²) >= 11 is 1.45. The average molecular weight is 598 g/mol. The summed E-state index contributed by atoms with van der Waals surface area (Å²) < 4.78 is 6.85. The van der Waals surface area contributed by atoms with Crippen molar-refractivity contribution >= 4 is 45.6 Å². The van der Waals surface area contributed by atoms with Gasteiger partial charge in [0.2, 0.25) is 11.8 Å². The van der Waals surface area contributed by atoms with Gasteiger partial charge in [-0.15, -0.1) is 16.4 Å². The molecule has 2 aromatic heterocycles. The number of nitrogens with zero attached hydrogens (tertiary/aromatic N) is 6. The zero-order chi connectivity index (χ0) is 30.6. The molecule has 0 aliphatic heterocycles. The summed E-state index contributed by atoms with van der Waals surface area (Å²) in [5.74, 6) is 0.216. The molecule has 0 fully saturated rings. The molecule has 2 heterocycles. The van der Waals surface area contributed by atoms with Gasteiger partial charge in [-0.3, -0.25) is 9.59 Å². The molecule has 0 aliphatic carbocycles. The van der Waals surface area contributed by atoms with Gasteiger partial charge in [0.15, 0.2) is 0 Å². The summed E-state index contributed by atoms with van der Waals surface area (Å²) in [6.07, 6.45) is 0.384. The maximum absolute atomic E-state index is 14.1. The highest BCUT2D eigenvalue weighted by molar-refractivity contribution is 7.09.